The van der Waals surface area contributed by atoms with Gasteiger partial charge in [0.25, 0.3) is 5.91 Å². The maximum Gasteiger partial charge on any atom is 0.280 e. The van der Waals surface area contributed by atoms with Crippen molar-refractivity contribution in [3.8, 4) is 5.75 Å². The summed E-state index contributed by atoms with van der Waals surface area (Å²) in [6.45, 7) is 8.01. The fourth-order valence-electron chi connectivity index (χ4n) is 3.04. The third-order valence-electron chi connectivity index (χ3n) is 4.66. The molecular formula is C20H28ClN5O2S. The van der Waals surface area contributed by atoms with Crippen molar-refractivity contribution in [2.45, 2.75) is 27.3 Å². The largest absolute Gasteiger partial charge is 0.494 e. The van der Waals surface area contributed by atoms with Crippen molar-refractivity contribution >= 4 is 45.0 Å². The monoisotopic (exact) mass is 437 g/mol. The molecule has 158 valence electrons. The number of hydrogen-bond acceptors (Lipinski definition) is 6. The number of fused-ring (bicyclic) bond motifs is 1. The van der Waals surface area contributed by atoms with Gasteiger partial charge in [0.15, 0.2) is 10.8 Å². The molecule has 0 saturated heterocycles. The number of carbonyl (C=O) groups excluding carboxylic acids is 1. The van der Waals surface area contributed by atoms with Gasteiger partial charge in [-0.25, -0.2) is 4.98 Å². The van der Waals surface area contributed by atoms with Crippen molar-refractivity contribution < 1.29 is 9.53 Å². The Morgan fingerprint density at radius 1 is 1.24 bits per heavy atom. The minimum Gasteiger partial charge on any atom is -0.494 e. The summed E-state index contributed by atoms with van der Waals surface area (Å²) in [5.41, 5.74) is 3.33. The predicted octanol–water partition coefficient (Wildman–Crippen LogP) is 3.77. The van der Waals surface area contributed by atoms with Crippen LogP contribution in [0.1, 0.15) is 28.7 Å². The number of hydrogen-bond donors (Lipinski definition) is 0. The van der Waals surface area contributed by atoms with E-state index in [1.54, 1.807) is 12.0 Å². The van der Waals surface area contributed by atoms with E-state index in [1.807, 2.05) is 57.7 Å². The van der Waals surface area contributed by atoms with Crippen LogP contribution in [0.3, 0.4) is 0 Å². The van der Waals surface area contributed by atoms with Crippen molar-refractivity contribution in [3.63, 3.8) is 0 Å². The van der Waals surface area contributed by atoms with Crippen molar-refractivity contribution in [2.24, 2.45) is 0 Å². The number of thiazole rings is 1. The van der Waals surface area contributed by atoms with Crippen molar-refractivity contribution in [1.29, 1.82) is 0 Å². The molecular weight excluding hydrogens is 410 g/mol. The Kier molecular flexibility index (Phi) is 7.62. The number of halogens is 1. The van der Waals surface area contributed by atoms with E-state index in [9.17, 15) is 4.79 Å². The molecule has 0 aliphatic carbocycles. The summed E-state index contributed by atoms with van der Waals surface area (Å²) >= 11 is 1.51. The SMILES string of the molecule is CCn1nc(C(=O)N(CCN(C)C)c2nc3c(OC)ccc(C)c3s2)cc1C.Cl. The Labute approximate surface area is 181 Å². The minimum atomic E-state index is -0.132. The molecule has 0 spiro atoms. The Balaban J connectivity index is 0.00000300. The lowest BCUT2D eigenvalue weighted by atomic mass is 10.2. The van der Waals surface area contributed by atoms with Gasteiger partial charge in [0, 0.05) is 25.3 Å². The van der Waals surface area contributed by atoms with Gasteiger partial charge in [-0.1, -0.05) is 17.4 Å². The topological polar surface area (TPSA) is 63.5 Å². The number of amides is 1. The molecule has 0 bridgehead atoms. The lowest BCUT2D eigenvalue weighted by Gasteiger charge is -2.21. The van der Waals surface area contributed by atoms with Gasteiger partial charge in [-0.15, -0.1) is 12.4 Å². The van der Waals surface area contributed by atoms with E-state index in [0.717, 1.165) is 34.6 Å². The van der Waals surface area contributed by atoms with E-state index in [0.29, 0.717) is 23.1 Å². The molecule has 0 atom stereocenters. The number of ether oxygens (including phenoxy) is 1. The number of likely N-dealkylation sites (N-methyl/N-ethyl adjacent to an activating group) is 1. The standard InChI is InChI=1S/C20H27N5O2S.ClH/c1-7-25-14(3)12-15(22-25)19(26)24(11-10-23(4)5)20-21-17-16(27-6)9-8-13(2)18(17)28-20;/h8-9,12H,7,10-11H2,1-6H3;1H. The molecule has 0 N–H and O–H groups in total. The average molecular weight is 438 g/mol. The molecule has 1 aromatic carbocycles. The maximum atomic E-state index is 13.3. The van der Waals surface area contributed by atoms with Gasteiger partial charge in [-0.2, -0.15) is 5.10 Å². The zero-order valence-corrected chi connectivity index (χ0v) is 19.4. The average Bonchev–Trinajstić information content (AvgIpc) is 3.26. The molecule has 1 amide bonds. The maximum absolute atomic E-state index is 13.3. The lowest BCUT2D eigenvalue weighted by Crippen LogP contribution is -2.37. The summed E-state index contributed by atoms with van der Waals surface area (Å²) < 4.78 is 8.34. The molecule has 0 radical (unpaired) electrons. The van der Waals surface area contributed by atoms with Gasteiger partial charge >= 0.3 is 0 Å². The minimum absolute atomic E-state index is 0. The van der Waals surface area contributed by atoms with Crippen LogP contribution in [0, 0.1) is 13.8 Å². The number of aromatic nitrogens is 3. The summed E-state index contributed by atoms with van der Waals surface area (Å²) in [6, 6.07) is 5.77. The third-order valence-corrected chi connectivity index (χ3v) is 5.87. The van der Waals surface area contributed by atoms with E-state index >= 15 is 0 Å². The number of rotatable bonds is 7. The number of aryl methyl sites for hydroxylation is 3. The van der Waals surface area contributed by atoms with Crippen LogP contribution >= 0.6 is 23.7 Å². The Morgan fingerprint density at radius 2 is 1.97 bits per heavy atom. The number of carbonyl (C=O) groups is 1. The molecule has 9 heteroatoms. The summed E-state index contributed by atoms with van der Waals surface area (Å²) in [4.78, 5) is 21.9. The van der Waals surface area contributed by atoms with Crippen LogP contribution in [0.25, 0.3) is 10.2 Å². The van der Waals surface area contributed by atoms with Gasteiger partial charge in [0.1, 0.15) is 11.3 Å². The third kappa shape index (κ3) is 4.71. The number of anilines is 1. The van der Waals surface area contributed by atoms with Crippen molar-refractivity contribution in [2.75, 3.05) is 39.2 Å². The summed E-state index contributed by atoms with van der Waals surface area (Å²) in [5, 5.41) is 5.14. The molecule has 29 heavy (non-hydrogen) atoms. The first kappa shape index (κ1) is 23.1. The first-order valence-electron chi connectivity index (χ1n) is 9.30. The highest BCUT2D eigenvalue weighted by Gasteiger charge is 2.25. The van der Waals surface area contributed by atoms with Gasteiger partial charge < -0.3 is 9.64 Å². The van der Waals surface area contributed by atoms with E-state index in [4.69, 9.17) is 9.72 Å². The second-order valence-electron chi connectivity index (χ2n) is 7.01. The quantitative estimate of drug-likeness (QED) is 0.563. The van der Waals surface area contributed by atoms with Crippen LogP contribution < -0.4 is 9.64 Å². The molecule has 0 unspecified atom stereocenters. The normalized spacial score (nSPS) is 11.0. The predicted molar refractivity (Wildman–Crippen MR) is 121 cm³/mol. The fraction of sp³-hybridized carbons (Fsp3) is 0.450. The summed E-state index contributed by atoms with van der Waals surface area (Å²) in [7, 11) is 5.62. The molecule has 2 aromatic heterocycles. The van der Waals surface area contributed by atoms with E-state index in [1.165, 1.54) is 11.3 Å². The van der Waals surface area contributed by atoms with E-state index < -0.39 is 0 Å². The Bertz CT molecular complexity index is 998. The van der Waals surface area contributed by atoms with Crippen LogP contribution in [-0.4, -0.2) is 59.9 Å². The molecule has 3 rings (SSSR count). The van der Waals surface area contributed by atoms with Crippen molar-refractivity contribution in [3.05, 3.63) is 35.2 Å². The van der Waals surface area contributed by atoms with Crippen LogP contribution in [0.5, 0.6) is 5.75 Å². The second kappa shape index (κ2) is 9.56. The molecule has 0 saturated carbocycles. The van der Waals surface area contributed by atoms with Gasteiger partial charge in [-0.3, -0.25) is 14.4 Å². The zero-order valence-electron chi connectivity index (χ0n) is 17.7. The van der Waals surface area contributed by atoms with Crippen LogP contribution in [0.2, 0.25) is 0 Å². The second-order valence-corrected chi connectivity index (χ2v) is 7.98. The molecule has 2 heterocycles. The Morgan fingerprint density at radius 3 is 2.55 bits per heavy atom. The molecule has 0 aliphatic heterocycles. The van der Waals surface area contributed by atoms with Crippen LogP contribution in [0.4, 0.5) is 5.13 Å². The van der Waals surface area contributed by atoms with Gasteiger partial charge in [0.05, 0.1) is 11.8 Å². The number of nitrogens with zero attached hydrogens (tertiary/aromatic N) is 5. The molecule has 0 aliphatic rings. The first-order chi connectivity index (χ1) is 13.3. The molecule has 7 nitrogen and oxygen atoms in total. The van der Waals surface area contributed by atoms with Crippen LogP contribution in [0.15, 0.2) is 18.2 Å². The zero-order chi connectivity index (χ0) is 20.4. The van der Waals surface area contributed by atoms with Crippen LogP contribution in [-0.2, 0) is 6.54 Å². The smallest absolute Gasteiger partial charge is 0.280 e. The molecule has 0 fully saturated rings. The summed E-state index contributed by atoms with van der Waals surface area (Å²) in [5.74, 6) is 0.585. The lowest BCUT2D eigenvalue weighted by molar-refractivity contribution is 0.0979. The first-order valence-corrected chi connectivity index (χ1v) is 10.1. The van der Waals surface area contributed by atoms with E-state index in [2.05, 4.69) is 10.00 Å². The van der Waals surface area contributed by atoms with Crippen molar-refractivity contribution in [1.82, 2.24) is 19.7 Å². The fourth-order valence-corrected chi connectivity index (χ4v) is 4.11. The number of methoxy groups -OCH3 is 1. The Hall–Kier alpha value is -2.16. The highest BCUT2D eigenvalue weighted by molar-refractivity contribution is 7.22. The van der Waals surface area contributed by atoms with Gasteiger partial charge in [0.2, 0.25) is 0 Å². The highest BCUT2D eigenvalue weighted by Crippen LogP contribution is 2.36. The number of benzene rings is 1. The summed E-state index contributed by atoms with van der Waals surface area (Å²) in [6.07, 6.45) is 0. The van der Waals surface area contributed by atoms with Gasteiger partial charge in [-0.05, 0) is 52.6 Å². The molecule has 3 aromatic rings. The highest BCUT2D eigenvalue weighted by atomic mass is 35.5. The van der Waals surface area contributed by atoms with E-state index in [-0.39, 0.29) is 18.3 Å².